The molecule has 0 amide bonds. The highest BCUT2D eigenvalue weighted by atomic mass is 16.3. The standard InChI is InChI=1S/C9H16N4O/c14-7-9-6-13(12-11-9)5-8-2-1-3-10-4-8/h6,8,10,14H,1-5,7H2/t8-/m1/s1. The van der Waals surface area contributed by atoms with Crippen LogP contribution in [0, 0.1) is 5.92 Å². The van der Waals surface area contributed by atoms with Crippen molar-refractivity contribution in [3.8, 4) is 0 Å². The monoisotopic (exact) mass is 196 g/mol. The number of nitrogens with zero attached hydrogens (tertiary/aromatic N) is 3. The molecule has 0 saturated carbocycles. The minimum absolute atomic E-state index is 0.0249. The Kier molecular flexibility index (Phi) is 3.10. The van der Waals surface area contributed by atoms with Gasteiger partial charge in [0, 0.05) is 6.54 Å². The van der Waals surface area contributed by atoms with Crippen LogP contribution in [0.3, 0.4) is 0 Å². The first-order valence-corrected chi connectivity index (χ1v) is 5.09. The first-order valence-electron chi connectivity index (χ1n) is 5.09. The van der Waals surface area contributed by atoms with Crippen LogP contribution in [0.2, 0.25) is 0 Å². The van der Waals surface area contributed by atoms with Gasteiger partial charge in [0.2, 0.25) is 0 Å². The molecule has 1 aliphatic heterocycles. The summed E-state index contributed by atoms with van der Waals surface area (Å²) in [6.07, 6.45) is 4.31. The van der Waals surface area contributed by atoms with Crippen LogP contribution in [0.15, 0.2) is 6.20 Å². The van der Waals surface area contributed by atoms with Crippen LogP contribution >= 0.6 is 0 Å². The van der Waals surface area contributed by atoms with Crippen molar-refractivity contribution in [1.29, 1.82) is 0 Å². The lowest BCUT2D eigenvalue weighted by Crippen LogP contribution is -2.32. The van der Waals surface area contributed by atoms with Gasteiger partial charge < -0.3 is 10.4 Å². The second-order valence-electron chi connectivity index (χ2n) is 3.80. The lowest BCUT2D eigenvalue weighted by atomic mass is 10.00. The predicted molar refractivity (Wildman–Crippen MR) is 51.5 cm³/mol. The Bertz CT molecular complexity index is 280. The topological polar surface area (TPSA) is 63.0 Å². The number of rotatable bonds is 3. The fraction of sp³-hybridized carbons (Fsp3) is 0.778. The lowest BCUT2D eigenvalue weighted by molar-refractivity contribution is 0.276. The van der Waals surface area contributed by atoms with E-state index in [-0.39, 0.29) is 6.61 Å². The predicted octanol–water partition coefficient (Wildman–Crippen LogP) is -0.230. The van der Waals surface area contributed by atoms with Crippen molar-refractivity contribution in [2.45, 2.75) is 26.0 Å². The van der Waals surface area contributed by atoms with Crippen LogP contribution in [0.5, 0.6) is 0 Å². The van der Waals surface area contributed by atoms with E-state index in [0.29, 0.717) is 11.6 Å². The fourth-order valence-electron chi connectivity index (χ4n) is 1.84. The van der Waals surface area contributed by atoms with E-state index in [2.05, 4.69) is 15.6 Å². The normalized spacial score (nSPS) is 22.5. The summed E-state index contributed by atoms with van der Waals surface area (Å²) >= 11 is 0. The minimum atomic E-state index is -0.0249. The van der Waals surface area contributed by atoms with E-state index in [4.69, 9.17) is 5.11 Å². The summed E-state index contributed by atoms with van der Waals surface area (Å²) in [5, 5.41) is 20.0. The van der Waals surface area contributed by atoms with Gasteiger partial charge in [0.05, 0.1) is 12.8 Å². The third kappa shape index (κ3) is 2.30. The molecule has 0 aliphatic carbocycles. The van der Waals surface area contributed by atoms with E-state index < -0.39 is 0 Å². The summed E-state index contributed by atoms with van der Waals surface area (Å²) in [6.45, 7) is 3.08. The molecule has 2 heterocycles. The number of hydrogen-bond donors (Lipinski definition) is 2. The number of nitrogens with one attached hydrogen (secondary N) is 1. The van der Waals surface area contributed by atoms with Gasteiger partial charge in [-0.2, -0.15) is 0 Å². The number of aromatic nitrogens is 3. The fourth-order valence-corrected chi connectivity index (χ4v) is 1.84. The summed E-state index contributed by atoms with van der Waals surface area (Å²) in [5.74, 6) is 0.650. The number of aliphatic hydroxyl groups is 1. The van der Waals surface area contributed by atoms with Gasteiger partial charge in [0.15, 0.2) is 0 Å². The van der Waals surface area contributed by atoms with E-state index in [1.807, 2.05) is 10.9 Å². The first kappa shape index (κ1) is 9.61. The largest absolute Gasteiger partial charge is 0.390 e. The maximum Gasteiger partial charge on any atom is 0.108 e. The molecule has 5 heteroatoms. The third-order valence-corrected chi connectivity index (χ3v) is 2.59. The number of hydrogen-bond acceptors (Lipinski definition) is 4. The SMILES string of the molecule is OCc1cn(C[C@@H]2CCCNC2)nn1. The Morgan fingerprint density at radius 1 is 1.64 bits per heavy atom. The number of aliphatic hydroxyl groups excluding tert-OH is 1. The molecule has 78 valence electrons. The zero-order valence-corrected chi connectivity index (χ0v) is 8.19. The maximum absolute atomic E-state index is 8.83. The van der Waals surface area contributed by atoms with Crippen LogP contribution in [0.4, 0.5) is 0 Å². The highest BCUT2D eigenvalue weighted by Gasteiger charge is 2.13. The molecule has 5 nitrogen and oxygen atoms in total. The zero-order valence-electron chi connectivity index (χ0n) is 8.19. The molecular formula is C9H16N4O. The van der Waals surface area contributed by atoms with Gasteiger partial charge in [-0.15, -0.1) is 5.10 Å². The molecule has 2 rings (SSSR count). The van der Waals surface area contributed by atoms with Crippen molar-refractivity contribution in [1.82, 2.24) is 20.3 Å². The van der Waals surface area contributed by atoms with Crippen molar-refractivity contribution in [2.75, 3.05) is 13.1 Å². The van der Waals surface area contributed by atoms with Gasteiger partial charge in [0.1, 0.15) is 5.69 Å². The minimum Gasteiger partial charge on any atom is -0.390 e. The van der Waals surface area contributed by atoms with Gasteiger partial charge >= 0.3 is 0 Å². The molecule has 2 N–H and O–H groups in total. The summed E-state index contributed by atoms with van der Waals surface area (Å²) in [6, 6.07) is 0. The quantitative estimate of drug-likeness (QED) is 0.701. The van der Waals surface area contributed by atoms with Crippen LogP contribution in [-0.4, -0.2) is 33.2 Å². The van der Waals surface area contributed by atoms with Crippen molar-refractivity contribution < 1.29 is 5.11 Å². The van der Waals surface area contributed by atoms with E-state index in [9.17, 15) is 0 Å². The van der Waals surface area contributed by atoms with Gasteiger partial charge in [-0.25, -0.2) is 0 Å². The third-order valence-electron chi connectivity index (χ3n) is 2.59. The second kappa shape index (κ2) is 4.52. The first-order chi connectivity index (χ1) is 6.88. The Hall–Kier alpha value is -0.940. The molecule has 1 aliphatic rings. The van der Waals surface area contributed by atoms with Crippen molar-refractivity contribution in [3.05, 3.63) is 11.9 Å². The average Bonchev–Trinajstić information content (AvgIpc) is 2.67. The van der Waals surface area contributed by atoms with E-state index in [0.717, 1.165) is 19.6 Å². The van der Waals surface area contributed by atoms with E-state index in [1.54, 1.807) is 0 Å². The molecule has 14 heavy (non-hydrogen) atoms. The summed E-state index contributed by atoms with van der Waals surface area (Å²) < 4.78 is 1.82. The molecule has 0 radical (unpaired) electrons. The Labute approximate surface area is 83.1 Å². The second-order valence-corrected chi connectivity index (χ2v) is 3.80. The molecule has 0 unspecified atom stereocenters. The van der Waals surface area contributed by atoms with Gasteiger partial charge in [-0.05, 0) is 31.8 Å². The molecule has 1 aromatic rings. The Morgan fingerprint density at radius 3 is 3.21 bits per heavy atom. The van der Waals surface area contributed by atoms with Crippen molar-refractivity contribution >= 4 is 0 Å². The smallest absolute Gasteiger partial charge is 0.108 e. The van der Waals surface area contributed by atoms with Crippen LogP contribution < -0.4 is 5.32 Å². The lowest BCUT2D eigenvalue weighted by Gasteiger charge is -2.22. The zero-order chi connectivity index (χ0) is 9.80. The van der Waals surface area contributed by atoms with Gasteiger partial charge in [-0.1, -0.05) is 5.21 Å². The summed E-state index contributed by atoms with van der Waals surface area (Å²) in [4.78, 5) is 0. The van der Waals surface area contributed by atoms with Crippen LogP contribution in [0.1, 0.15) is 18.5 Å². The van der Waals surface area contributed by atoms with Crippen molar-refractivity contribution in [2.24, 2.45) is 5.92 Å². The molecule has 1 aromatic heterocycles. The highest BCUT2D eigenvalue weighted by Crippen LogP contribution is 2.11. The Balaban J connectivity index is 1.89. The van der Waals surface area contributed by atoms with Gasteiger partial charge in [0.25, 0.3) is 0 Å². The molecule has 1 fully saturated rings. The molecular weight excluding hydrogens is 180 g/mol. The Morgan fingerprint density at radius 2 is 2.57 bits per heavy atom. The van der Waals surface area contributed by atoms with Crippen LogP contribution in [-0.2, 0) is 13.2 Å². The van der Waals surface area contributed by atoms with Crippen LogP contribution in [0.25, 0.3) is 0 Å². The van der Waals surface area contributed by atoms with E-state index in [1.165, 1.54) is 12.8 Å². The summed E-state index contributed by atoms with van der Waals surface area (Å²) in [5.41, 5.74) is 0.647. The van der Waals surface area contributed by atoms with Crippen molar-refractivity contribution in [3.63, 3.8) is 0 Å². The average molecular weight is 196 g/mol. The molecule has 0 spiro atoms. The highest BCUT2D eigenvalue weighted by molar-refractivity contribution is 4.89. The summed E-state index contributed by atoms with van der Waals surface area (Å²) in [7, 11) is 0. The molecule has 0 aromatic carbocycles. The van der Waals surface area contributed by atoms with Gasteiger partial charge in [-0.3, -0.25) is 4.68 Å². The maximum atomic E-state index is 8.83. The number of piperidine rings is 1. The van der Waals surface area contributed by atoms with E-state index >= 15 is 0 Å². The molecule has 1 saturated heterocycles. The molecule has 0 bridgehead atoms. The molecule has 1 atom stereocenters.